The third-order valence-corrected chi connectivity index (χ3v) is 4.13. The van der Waals surface area contributed by atoms with E-state index in [9.17, 15) is 4.39 Å². The zero-order valence-corrected chi connectivity index (χ0v) is 11.1. The molecule has 100 valence electrons. The summed E-state index contributed by atoms with van der Waals surface area (Å²) in [5.41, 5.74) is 6.81. The number of hydrogen-bond acceptors (Lipinski definition) is 2. The molecule has 1 aromatic carbocycles. The summed E-state index contributed by atoms with van der Waals surface area (Å²) in [6.07, 6.45) is 3.79. The van der Waals surface area contributed by atoms with Crippen molar-refractivity contribution in [3.05, 3.63) is 30.1 Å². The molecule has 2 atom stereocenters. The average Bonchev–Trinajstić information content (AvgIpc) is 2.83. The van der Waals surface area contributed by atoms with Gasteiger partial charge in [0.15, 0.2) is 0 Å². The molecule has 1 saturated carbocycles. The van der Waals surface area contributed by atoms with Crippen molar-refractivity contribution in [3.63, 3.8) is 0 Å². The van der Waals surface area contributed by atoms with Gasteiger partial charge in [-0.3, -0.25) is 0 Å². The first kappa shape index (κ1) is 13.3. The molecular formula is C15H23FN2. The van der Waals surface area contributed by atoms with Gasteiger partial charge < -0.3 is 10.6 Å². The number of anilines is 1. The zero-order chi connectivity index (χ0) is 13.0. The van der Waals surface area contributed by atoms with Crippen molar-refractivity contribution in [2.24, 2.45) is 17.6 Å². The summed E-state index contributed by atoms with van der Waals surface area (Å²) in [4.78, 5) is 2.27. The average molecular weight is 250 g/mol. The first-order chi connectivity index (χ1) is 8.74. The van der Waals surface area contributed by atoms with E-state index in [4.69, 9.17) is 5.73 Å². The molecule has 2 unspecified atom stereocenters. The van der Waals surface area contributed by atoms with Crippen molar-refractivity contribution in [2.75, 3.05) is 24.5 Å². The molecule has 0 spiro atoms. The number of rotatable bonds is 5. The van der Waals surface area contributed by atoms with Crippen LogP contribution in [0.15, 0.2) is 24.3 Å². The van der Waals surface area contributed by atoms with Crippen LogP contribution in [0.1, 0.15) is 26.2 Å². The fraction of sp³-hybridized carbons (Fsp3) is 0.600. The summed E-state index contributed by atoms with van der Waals surface area (Å²) in [5, 5.41) is 0. The summed E-state index contributed by atoms with van der Waals surface area (Å²) < 4.78 is 13.3. The maximum Gasteiger partial charge on any atom is 0.125 e. The highest BCUT2D eigenvalue weighted by molar-refractivity contribution is 5.46. The Morgan fingerprint density at radius 3 is 2.78 bits per heavy atom. The van der Waals surface area contributed by atoms with Crippen LogP contribution < -0.4 is 10.6 Å². The minimum atomic E-state index is -0.159. The lowest BCUT2D eigenvalue weighted by Gasteiger charge is -2.29. The SMILES string of the molecule is CCN(CC1CCCC1CN)c1cccc(F)c1. The number of nitrogens with two attached hydrogens (primary N) is 1. The number of benzene rings is 1. The van der Waals surface area contributed by atoms with Crippen LogP contribution in [0.4, 0.5) is 10.1 Å². The molecule has 2 N–H and O–H groups in total. The largest absolute Gasteiger partial charge is 0.371 e. The Labute approximate surface area is 109 Å². The summed E-state index contributed by atoms with van der Waals surface area (Å²) >= 11 is 0. The fourth-order valence-electron chi connectivity index (χ4n) is 3.04. The Hall–Kier alpha value is -1.09. The lowest BCUT2D eigenvalue weighted by molar-refractivity contribution is 0.395. The van der Waals surface area contributed by atoms with Crippen molar-refractivity contribution in [2.45, 2.75) is 26.2 Å². The van der Waals surface area contributed by atoms with Gasteiger partial charge in [-0.2, -0.15) is 0 Å². The van der Waals surface area contributed by atoms with Gasteiger partial charge in [-0.05, 0) is 56.3 Å². The number of hydrogen-bond donors (Lipinski definition) is 1. The number of nitrogens with zero attached hydrogens (tertiary/aromatic N) is 1. The molecule has 2 rings (SSSR count). The van der Waals surface area contributed by atoms with Crippen LogP contribution in [0.5, 0.6) is 0 Å². The normalized spacial score (nSPS) is 23.3. The van der Waals surface area contributed by atoms with E-state index < -0.39 is 0 Å². The molecule has 0 aromatic heterocycles. The minimum absolute atomic E-state index is 0.159. The molecule has 0 saturated heterocycles. The van der Waals surface area contributed by atoms with Crippen LogP contribution in [0.3, 0.4) is 0 Å². The van der Waals surface area contributed by atoms with Gasteiger partial charge in [-0.25, -0.2) is 4.39 Å². The Bertz CT molecular complexity index is 381. The highest BCUT2D eigenvalue weighted by atomic mass is 19.1. The van der Waals surface area contributed by atoms with E-state index in [0.717, 1.165) is 25.3 Å². The topological polar surface area (TPSA) is 29.3 Å². The smallest absolute Gasteiger partial charge is 0.125 e. The third-order valence-electron chi connectivity index (χ3n) is 4.13. The quantitative estimate of drug-likeness (QED) is 0.870. The molecule has 1 aliphatic rings. The zero-order valence-electron chi connectivity index (χ0n) is 11.1. The first-order valence-electron chi connectivity index (χ1n) is 6.95. The minimum Gasteiger partial charge on any atom is -0.371 e. The highest BCUT2D eigenvalue weighted by Gasteiger charge is 2.27. The molecule has 1 fully saturated rings. The second kappa shape index (κ2) is 6.19. The van der Waals surface area contributed by atoms with Crippen molar-refractivity contribution < 1.29 is 4.39 Å². The highest BCUT2D eigenvalue weighted by Crippen LogP contribution is 2.32. The molecule has 3 heteroatoms. The van der Waals surface area contributed by atoms with Gasteiger partial charge in [0, 0.05) is 18.8 Å². The molecule has 18 heavy (non-hydrogen) atoms. The third kappa shape index (κ3) is 3.02. The van der Waals surface area contributed by atoms with Crippen molar-refractivity contribution in [1.29, 1.82) is 0 Å². The second-order valence-electron chi connectivity index (χ2n) is 5.21. The Morgan fingerprint density at radius 1 is 1.33 bits per heavy atom. The van der Waals surface area contributed by atoms with E-state index >= 15 is 0 Å². The van der Waals surface area contributed by atoms with Gasteiger partial charge in [0.1, 0.15) is 5.82 Å². The predicted molar refractivity (Wildman–Crippen MR) is 74.2 cm³/mol. The lowest BCUT2D eigenvalue weighted by atomic mass is 9.95. The van der Waals surface area contributed by atoms with Crippen molar-refractivity contribution >= 4 is 5.69 Å². The molecule has 2 nitrogen and oxygen atoms in total. The molecular weight excluding hydrogens is 227 g/mol. The molecule has 0 bridgehead atoms. The maximum absolute atomic E-state index is 13.3. The predicted octanol–water partition coefficient (Wildman–Crippen LogP) is 3.03. The van der Waals surface area contributed by atoms with E-state index in [0.29, 0.717) is 11.8 Å². The summed E-state index contributed by atoms with van der Waals surface area (Å²) in [6, 6.07) is 6.88. The van der Waals surface area contributed by atoms with Gasteiger partial charge in [-0.1, -0.05) is 12.5 Å². The molecule has 0 aliphatic heterocycles. The molecule has 1 aromatic rings. The fourth-order valence-corrected chi connectivity index (χ4v) is 3.04. The van der Waals surface area contributed by atoms with E-state index in [-0.39, 0.29) is 5.82 Å². The van der Waals surface area contributed by atoms with E-state index in [1.807, 2.05) is 6.07 Å². The van der Waals surface area contributed by atoms with Gasteiger partial charge in [0.2, 0.25) is 0 Å². The van der Waals surface area contributed by atoms with Gasteiger partial charge in [-0.15, -0.1) is 0 Å². The van der Waals surface area contributed by atoms with Gasteiger partial charge >= 0.3 is 0 Å². The van der Waals surface area contributed by atoms with Crippen LogP contribution in [0, 0.1) is 17.7 Å². The molecule has 0 radical (unpaired) electrons. The van der Waals surface area contributed by atoms with E-state index in [1.54, 1.807) is 12.1 Å². The summed E-state index contributed by atoms with van der Waals surface area (Å²) in [7, 11) is 0. The van der Waals surface area contributed by atoms with Crippen LogP contribution in [0.2, 0.25) is 0 Å². The van der Waals surface area contributed by atoms with Gasteiger partial charge in [0.25, 0.3) is 0 Å². The van der Waals surface area contributed by atoms with E-state index in [1.165, 1.54) is 25.3 Å². The lowest BCUT2D eigenvalue weighted by Crippen LogP contribution is -2.33. The maximum atomic E-state index is 13.3. The van der Waals surface area contributed by atoms with Crippen LogP contribution in [0.25, 0.3) is 0 Å². The Balaban J connectivity index is 2.05. The van der Waals surface area contributed by atoms with Crippen LogP contribution >= 0.6 is 0 Å². The molecule has 0 heterocycles. The van der Waals surface area contributed by atoms with Crippen molar-refractivity contribution in [3.8, 4) is 0 Å². The first-order valence-corrected chi connectivity index (χ1v) is 6.95. The summed E-state index contributed by atoms with van der Waals surface area (Å²) in [6.45, 7) is 4.82. The second-order valence-corrected chi connectivity index (χ2v) is 5.21. The number of halogens is 1. The molecule has 1 aliphatic carbocycles. The Kier molecular flexibility index (Phi) is 4.59. The van der Waals surface area contributed by atoms with Crippen molar-refractivity contribution in [1.82, 2.24) is 0 Å². The van der Waals surface area contributed by atoms with Crippen LogP contribution in [-0.4, -0.2) is 19.6 Å². The monoisotopic (exact) mass is 250 g/mol. The van der Waals surface area contributed by atoms with Crippen LogP contribution in [-0.2, 0) is 0 Å². The van der Waals surface area contributed by atoms with E-state index in [2.05, 4.69) is 11.8 Å². The Morgan fingerprint density at radius 2 is 2.11 bits per heavy atom. The van der Waals surface area contributed by atoms with Gasteiger partial charge in [0.05, 0.1) is 0 Å². The molecule has 0 amide bonds. The summed E-state index contributed by atoms with van der Waals surface area (Å²) in [5.74, 6) is 1.15. The standard InChI is InChI=1S/C15H23FN2/c1-2-18(15-8-4-7-14(16)9-15)11-13-6-3-5-12(13)10-17/h4,7-9,12-13H,2-3,5-6,10-11,17H2,1H3.